The summed E-state index contributed by atoms with van der Waals surface area (Å²) in [5, 5.41) is 9.05. The van der Waals surface area contributed by atoms with E-state index in [-0.39, 0.29) is 25.8 Å². The van der Waals surface area contributed by atoms with Crippen molar-refractivity contribution in [3.63, 3.8) is 0 Å². The van der Waals surface area contributed by atoms with E-state index in [0.29, 0.717) is 52.7 Å². The predicted octanol–water partition coefficient (Wildman–Crippen LogP) is 3.83. The summed E-state index contributed by atoms with van der Waals surface area (Å²) in [4.78, 5) is 16.5. The summed E-state index contributed by atoms with van der Waals surface area (Å²) >= 11 is 0. The summed E-state index contributed by atoms with van der Waals surface area (Å²) in [7, 11) is -1.84. The largest absolute Gasteiger partial charge is 0.474 e. The van der Waals surface area contributed by atoms with Crippen molar-refractivity contribution >= 4 is 25.9 Å². The number of guanidine groups is 1. The number of phosphoric acid groups is 1. The van der Waals surface area contributed by atoms with Crippen LogP contribution < -0.4 is 15.2 Å². The highest BCUT2D eigenvalue weighted by molar-refractivity contribution is 7.48. The molecule has 16 heteroatoms. The molecule has 1 heterocycles. The third-order valence-electron chi connectivity index (χ3n) is 6.14. The number of carbonyl (C=O) groups is 1. The highest BCUT2D eigenvalue weighted by atomic mass is 31.2. The maximum absolute atomic E-state index is 12.3. The molecule has 0 aromatic carbocycles. The molecule has 1 aromatic heterocycles. The van der Waals surface area contributed by atoms with Crippen LogP contribution in [0.15, 0.2) is 29.5 Å². The van der Waals surface area contributed by atoms with Gasteiger partial charge < -0.3 is 29.6 Å². The molecule has 0 spiro atoms. The Morgan fingerprint density at radius 2 is 1.51 bits per heavy atom. The fraction of sp³-hybridized carbons (Fsp3) is 0.724. The van der Waals surface area contributed by atoms with E-state index in [0.717, 1.165) is 50.6 Å². The van der Waals surface area contributed by atoms with Crippen molar-refractivity contribution in [3.05, 3.63) is 24.5 Å². The molecule has 1 atom stereocenters. The number of hydrogen-bond donors (Lipinski definition) is 1. The lowest BCUT2D eigenvalue weighted by Gasteiger charge is -2.22. The minimum absolute atomic E-state index is 0.0898. The fourth-order valence-corrected chi connectivity index (χ4v) is 5.22. The van der Waals surface area contributed by atoms with Crippen LogP contribution in [-0.4, -0.2) is 85.5 Å². The number of nitrogens with two attached hydrogens (primary N) is 1. The van der Waals surface area contributed by atoms with Crippen LogP contribution in [0, 0.1) is 11.5 Å². The smallest absolute Gasteiger partial charge is 0.382 e. The normalized spacial score (nSPS) is 12.5. The van der Waals surface area contributed by atoms with Crippen LogP contribution in [0.2, 0.25) is 0 Å². The van der Waals surface area contributed by atoms with Gasteiger partial charge >= 0.3 is 14.2 Å². The summed E-state index contributed by atoms with van der Waals surface area (Å²) in [6.07, 6.45) is 10.8. The number of methoxy groups -OCH3 is 1. The van der Waals surface area contributed by atoms with Crippen LogP contribution in [0.5, 0.6) is 0 Å². The molecule has 0 aliphatic carbocycles. The van der Waals surface area contributed by atoms with E-state index in [9.17, 15) is 9.36 Å². The van der Waals surface area contributed by atoms with Gasteiger partial charge in [0.25, 0.3) is 6.47 Å². The average molecular weight is 661 g/mol. The predicted molar refractivity (Wildman–Crippen MR) is 166 cm³/mol. The Morgan fingerprint density at radius 1 is 0.933 bits per heavy atom. The third kappa shape index (κ3) is 18.8. The molecular formula is C29H51N5O10P+. The number of nitrogens with zero attached hydrogens (tertiary/aromatic N) is 4. The van der Waals surface area contributed by atoms with Crippen LogP contribution in [-0.2, 0) is 46.6 Å². The number of hydrogen-bond acceptors (Lipinski definition) is 12. The number of ether oxygens (including phenoxy) is 5. The molecule has 1 aromatic rings. The van der Waals surface area contributed by atoms with E-state index in [4.69, 9.17) is 48.3 Å². The molecule has 256 valence electrons. The van der Waals surface area contributed by atoms with Gasteiger partial charge in [-0.1, -0.05) is 32.1 Å². The highest BCUT2D eigenvalue weighted by Crippen LogP contribution is 2.49. The zero-order chi connectivity index (χ0) is 33.0. The summed E-state index contributed by atoms with van der Waals surface area (Å²) in [5.41, 5.74) is 6.82. The van der Waals surface area contributed by atoms with Crippen molar-refractivity contribution in [2.45, 2.75) is 65.2 Å². The van der Waals surface area contributed by atoms with Crippen LogP contribution in [0.4, 0.5) is 5.69 Å². The molecule has 0 bridgehead atoms. The van der Waals surface area contributed by atoms with Gasteiger partial charge in [-0.15, -0.1) is 9.56 Å². The van der Waals surface area contributed by atoms with E-state index < -0.39 is 14.2 Å². The first kappa shape index (κ1) is 40.4. The molecule has 0 aliphatic heterocycles. The zero-order valence-electron chi connectivity index (χ0n) is 26.9. The molecule has 0 saturated carbocycles. The second kappa shape index (κ2) is 26.5. The molecule has 1 rings (SSSR count). The van der Waals surface area contributed by atoms with Crippen LogP contribution in [0.25, 0.3) is 0 Å². The van der Waals surface area contributed by atoms with Gasteiger partial charge in [0.1, 0.15) is 0 Å². The first-order valence-electron chi connectivity index (χ1n) is 15.3. The van der Waals surface area contributed by atoms with Gasteiger partial charge in [-0.05, 0) is 26.7 Å². The minimum atomic E-state index is -3.44. The van der Waals surface area contributed by atoms with Gasteiger partial charge in [0.05, 0.1) is 65.1 Å². The first-order chi connectivity index (χ1) is 21.9. The molecule has 0 amide bonds. The van der Waals surface area contributed by atoms with Gasteiger partial charge in [0.15, 0.2) is 12.4 Å². The Hall–Kier alpha value is -2.67. The highest BCUT2D eigenvalue weighted by Gasteiger charge is 2.25. The quantitative estimate of drug-likeness (QED) is 0.0192. The van der Waals surface area contributed by atoms with Crippen molar-refractivity contribution in [3.8, 4) is 6.19 Å². The molecule has 15 nitrogen and oxygen atoms in total. The Morgan fingerprint density at radius 3 is 2.09 bits per heavy atom. The molecule has 1 unspecified atom stereocenters. The molecule has 45 heavy (non-hydrogen) atoms. The lowest BCUT2D eigenvalue weighted by molar-refractivity contribution is -0.799. The topological polar surface area (TPSA) is 177 Å². The van der Waals surface area contributed by atoms with E-state index in [1.54, 1.807) is 61.1 Å². The SMILES string of the molecule is CCOP(=O)(OCC)OCCCCCCCCCN(C(N)=NC#N)c1cc[n+](C(OC=O)OCCOCCOCCOC)cc1. The number of carbonyl (C=O) groups excluding carboxylic acids is 1. The number of unbranched alkanes of at least 4 members (excludes halogenated alkanes) is 6. The monoisotopic (exact) mass is 660 g/mol. The fourth-order valence-electron chi connectivity index (χ4n) is 4.01. The number of pyridine rings is 1. The van der Waals surface area contributed by atoms with Crippen molar-refractivity contribution in [2.24, 2.45) is 10.7 Å². The van der Waals surface area contributed by atoms with E-state index >= 15 is 0 Å². The standard InChI is InChI=1S/C29H51N5O10P/c1-4-42-45(36,43-5-2)44-18-12-10-8-6-7-9-11-15-34(28(31)32-25-30)27-13-16-33(17-14-27)29(41-26-35)40-24-23-39-22-21-38-20-19-37-3/h13-14,16-17,26,29H,4-12,15,18-24H2,1-3H3,(H2,31,32)/q+1. The van der Waals surface area contributed by atoms with E-state index in [1.165, 1.54) is 0 Å². The summed E-state index contributed by atoms with van der Waals surface area (Å²) in [6.45, 7) is 7.59. The number of nitriles is 1. The number of aliphatic imine (C=N–C) groups is 1. The minimum Gasteiger partial charge on any atom is -0.382 e. The number of aromatic nitrogens is 1. The number of phosphoric ester groups is 1. The maximum Gasteiger partial charge on any atom is 0.474 e. The van der Waals surface area contributed by atoms with Gasteiger partial charge in [-0.25, -0.2) is 4.57 Å². The first-order valence-corrected chi connectivity index (χ1v) is 16.8. The molecule has 0 aliphatic rings. The van der Waals surface area contributed by atoms with Crippen molar-refractivity contribution in [1.29, 1.82) is 5.26 Å². The molecular weight excluding hydrogens is 609 g/mol. The van der Waals surface area contributed by atoms with Crippen molar-refractivity contribution in [1.82, 2.24) is 0 Å². The van der Waals surface area contributed by atoms with E-state index in [1.807, 2.05) is 0 Å². The van der Waals surface area contributed by atoms with Crippen molar-refractivity contribution in [2.75, 3.05) is 78.0 Å². The van der Waals surface area contributed by atoms with Crippen LogP contribution >= 0.6 is 7.82 Å². The van der Waals surface area contributed by atoms with Crippen molar-refractivity contribution < 1.29 is 51.2 Å². The zero-order valence-corrected chi connectivity index (χ0v) is 27.8. The number of anilines is 1. The molecule has 0 saturated heterocycles. The van der Waals surface area contributed by atoms with Gasteiger partial charge in [-0.2, -0.15) is 5.26 Å². The maximum atomic E-state index is 12.3. The second-order valence-corrected chi connectivity index (χ2v) is 11.1. The Labute approximate surface area is 267 Å². The summed E-state index contributed by atoms with van der Waals surface area (Å²) in [6, 6.07) is 3.55. The summed E-state index contributed by atoms with van der Waals surface area (Å²) < 4.78 is 55.9. The lowest BCUT2D eigenvalue weighted by atomic mass is 10.1. The Bertz CT molecular complexity index is 1000. The Kier molecular flexibility index (Phi) is 23.8. The molecule has 2 N–H and O–H groups in total. The molecule has 0 radical (unpaired) electrons. The van der Waals surface area contributed by atoms with Gasteiger partial charge in [-0.3, -0.25) is 23.1 Å². The molecule has 0 fully saturated rings. The Balaban J connectivity index is 2.47. The second-order valence-electron chi connectivity index (χ2n) is 9.44. The average Bonchev–Trinajstić information content (AvgIpc) is 3.03. The number of rotatable bonds is 29. The summed E-state index contributed by atoms with van der Waals surface area (Å²) in [5.74, 6) is 0.0898. The van der Waals surface area contributed by atoms with Crippen LogP contribution in [0.1, 0.15) is 65.2 Å². The van der Waals surface area contributed by atoms with Gasteiger partial charge in [0.2, 0.25) is 12.2 Å². The lowest BCUT2D eigenvalue weighted by Crippen LogP contribution is -2.43. The van der Waals surface area contributed by atoms with Gasteiger partial charge in [0, 0.05) is 25.8 Å². The third-order valence-corrected chi connectivity index (χ3v) is 7.79. The van der Waals surface area contributed by atoms with Crippen LogP contribution in [0.3, 0.4) is 0 Å². The van der Waals surface area contributed by atoms with E-state index in [2.05, 4.69) is 4.99 Å².